The Morgan fingerprint density at radius 3 is 2.30 bits per heavy atom. The summed E-state index contributed by atoms with van der Waals surface area (Å²) >= 11 is 1.75. The molecule has 136 valence electrons. The van der Waals surface area contributed by atoms with Crippen molar-refractivity contribution in [2.45, 2.75) is 6.92 Å². The molecule has 3 aromatic heterocycles. The number of pyridine rings is 1. The Hall–Kier alpha value is -2.72. The lowest BCUT2D eigenvalue weighted by molar-refractivity contribution is 0.654. The Balaban J connectivity index is 1.45. The van der Waals surface area contributed by atoms with Gasteiger partial charge in [-0.15, -0.1) is 0 Å². The first-order valence-electron chi connectivity index (χ1n) is 9.49. The van der Waals surface area contributed by atoms with Crippen LogP contribution in [0.25, 0.3) is 16.8 Å². The van der Waals surface area contributed by atoms with Gasteiger partial charge in [-0.05, 0) is 48.2 Å². The van der Waals surface area contributed by atoms with Gasteiger partial charge in [0.15, 0.2) is 0 Å². The molecule has 0 unspecified atom stereocenters. The van der Waals surface area contributed by atoms with Gasteiger partial charge in [-0.3, -0.25) is 0 Å². The fourth-order valence-corrected chi connectivity index (χ4v) is 4.78. The highest BCUT2D eigenvalue weighted by Crippen LogP contribution is 2.34. The number of aryl methyl sites for hydroxylation is 1. The number of nitrogens with zero attached hydrogens (tertiary/aromatic N) is 3. The number of anilines is 2. The van der Waals surface area contributed by atoms with Crippen LogP contribution in [-0.2, 0) is 0 Å². The number of piperazine rings is 1. The minimum atomic E-state index is 1.05. The van der Waals surface area contributed by atoms with Gasteiger partial charge in [0.25, 0.3) is 0 Å². The molecule has 1 fully saturated rings. The van der Waals surface area contributed by atoms with Gasteiger partial charge in [0, 0.05) is 49.0 Å². The van der Waals surface area contributed by atoms with Crippen LogP contribution in [0.2, 0.25) is 0 Å². The molecule has 0 radical (unpaired) electrons. The predicted molar refractivity (Wildman–Crippen MR) is 116 cm³/mol. The molecule has 0 spiro atoms. The average Bonchev–Trinajstić information content (AvgIpc) is 3.36. The van der Waals surface area contributed by atoms with Crippen molar-refractivity contribution >= 4 is 28.2 Å². The van der Waals surface area contributed by atoms with Crippen LogP contribution in [0.15, 0.2) is 71.6 Å². The van der Waals surface area contributed by atoms with Crippen LogP contribution in [0.4, 0.5) is 11.4 Å². The van der Waals surface area contributed by atoms with Crippen LogP contribution in [0.3, 0.4) is 0 Å². The minimum absolute atomic E-state index is 1.05. The summed E-state index contributed by atoms with van der Waals surface area (Å²) in [6.07, 6.45) is 2.18. The summed E-state index contributed by atoms with van der Waals surface area (Å²) in [7, 11) is 0. The average molecular weight is 374 g/mol. The number of fused-ring (bicyclic) bond motifs is 1. The van der Waals surface area contributed by atoms with E-state index in [0.29, 0.717) is 0 Å². The van der Waals surface area contributed by atoms with E-state index in [-0.39, 0.29) is 0 Å². The fourth-order valence-electron chi connectivity index (χ4n) is 4.13. The first-order valence-corrected chi connectivity index (χ1v) is 10.4. The first kappa shape index (κ1) is 16.5. The van der Waals surface area contributed by atoms with E-state index in [4.69, 9.17) is 0 Å². The maximum absolute atomic E-state index is 2.54. The van der Waals surface area contributed by atoms with Gasteiger partial charge in [0.2, 0.25) is 0 Å². The Morgan fingerprint density at radius 1 is 0.815 bits per heavy atom. The molecule has 4 heterocycles. The maximum Gasteiger partial charge on any atom is 0.0690 e. The number of hydrogen-bond donors (Lipinski definition) is 0. The third-order valence-corrected chi connectivity index (χ3v) is 6.23. The van der Waals surface area contributed by atoms with Gasteiger partial charge < -0.3 is 14.2 Å². The van der Waals surface area contributed by atoms with E-state index in [1.54, 1.807) is 11.3 Å². The molecule has 0 saturated carbocycles. The molecular formula is C23H23N3S. The van der Waals surface area contributed by atoms with Crippen LogP contribution < -0.4 is 9.80 Å². The molecule has 0 N–H and O–H groups in total. The van der Waals surface area contributed by atoms with Gasteiger partial charge in [-0.2, -0.15) is 11.3 Å². The van der Waals surface area contributed by atoms with Crippen molar-refractivity contribution in [2.75, 3.05) is 36.0 Å². The summed E-state index contributed by atoms with van der Waals surface area (Å²) in [6.45, 7) is 6.42. The molecule has 0 aliphatic carbocycles. The molecule has 1 aliphatic heterocycles. The van der Waals surface area contributed by atoms with E-state index in [2.05, 4.69) is 92.7 Å². The molecule has 1 saturated heterocycles. The zero-order valence-corrected chi connectivity index (χ0v) is 16.3. The van der Waals surface area contributed by atoms with Crippen LogP contribution in [0, 0.1) is 6.92 Å². The summed E-state index contributed by atoms with van der Waals surface area (Å²) in [4.78, 5) is 5.06. The molecule has 0 atom stereocenters. The molecule has 1 aromatic carbocycles. The van der Waals surface area contributed by atoms with E-state index < -0.39 is 0 Å². The number of rotatable bonds is 3. The van der Waals surface area contributed by atoms with Crippen LogP contribution in [-0.4, -0.2) is 30.6 Å². The van der Waals surface area contributed by atoms with Gasteiger partial charge in [0.05, 0.1) is 16.9 Å². The summed E-state index contributed by atoms with van der Waals surface area (Å²) in [5.74, 6) is 0. The lowest BCUT2D eigenvalue weighted by atomic mass is 10.1. The number of hydrogen-bond acceptors (Lipinski definition) is 3. The van der Waals surface area contributed by atoms with E-state index in [1.165, 1.54) is 33.7 Å². The Bertz CT molecular complexity index is 1060. The largest absolute Gasteiger partial charge is 0.368 e. The summed E-state index contributed by atoms with van der Waals surface area (Å²) in [6, 6.07) is 19.8. The minimum Gasteiger partial charge on any atom is -0.368 e. The number of aromatic nitrogens is 1. The topological polar surface area (TPSA) is 10.9 Å². The molecule has 5 rings (SSSR count). The Morgan fingerprint density at radius 2 is 1.56 bits per heavy atom. The molecule has 27 heavy (non-hydrogen) atoms. The van der Waals surface area contributed by atoms with Crippen molar-refractivity contribution in [3.63, 3.8) is 0 Å². The molecule has 0 bridgehead atoms. The van der Waals surface area contributed by atoms with E-state index in [0.717, 1.165) is 26.2 Å². The first-order chi connectivity index (χ1) is 13.3. The molecule has 4 heteroatoms. The molecule has 3 nitrogen and oxygen atoms in total. The predicted octanol–water partition coefficient (Wildman–Crippen LogP) is 5.30. The standard InChI is InChI=1S/C23H23N3S/c1-18-6-2-3-7-20(18)24-11-13-25(14-12-24)23-16-22(19-9-15-27-17-19)26-10-5-4-8-21(23)26/h2-10,15-17H,11-14H2,1H3. The van der Waals surface area contributed by atoms with Crippen molar-refractivity contribution in [1.29, 1.82) is 0 Å². The van der Waals surface area contributed by atoms with Crippen LogP contribution >= 0.6 is 11.3 Å². The van der Waals surface area contributed by atoms with Crippen molar-refractivity contribution in [3.05, 3.63) is 77.1 Å². The van der Waals surface area contributed by atoms with E-state index >= 15 is 0 Å². The highest BCUT2D eigenvalue weighted by Gasteiger charge is 2.22. The Kier molecular flexibility index (Phi) is 4.13. The monoisotopic (exact) mass is 373 g/mol. The van der Waals surface area contributed by atoms with Gasteiger partial charge in [-0.1, -0.05) is 24.3 Å². The molecule has 4 aromatic rings. The Labute approximate surface area is 164 Å². The smallest absolute Gasteiger partial charge is 0.0690 e. The van der Waals surface area contributed by atoms with Gasteiger partial charge in [0.1, 0.15) is 0 Å². The molecule has 0 amide bonds. The highest BCUT2D eigenvalue weighted by atomic mass is 32.1. The van der Waals surface area contributed by atoms with E-state index in [9.17, 15) is 0 Å². The zero-order chi connectivity index (χ0) is 18.2. The van der Waals surface area contributed by atoms with Crippen LogP contribution in [0.5, 0.6) is 0 Å². The number of benzene rings is 1. The van der Waals surface area contributed by atoms with Crippen molar-refractivity contribution in [2.24, 2.45) is 0 Å². The van der Waals surface area contributed by atoms with Gasteiger partial charge in [-0.25, -0.2) is 0 Å². The second kappa shape index (κ2) is 6.78. The van der Waals surface area contributed by atoms with Gasteiger partial charge >= 0.3 is 0 Å². The second-order valence-corrected chi connectivity index (χ2v) is 7.92. The SMILES string of the molecule is Cc1ccccc1N1CCN(c2cc(-c3ccsc3)n3ccccc23)CC1. The lowest BCUT2D eigenvalue weighted by Crippen LogP contribution is -2.46. The lowest BCUT2D eigenvalue weighted by Gasteiger charge is -2.37. The molecule has 1 aliphatic rings. The summed E-state index contributed by atoms with van der Waals surface area (Å²) in [5, 5.41) is 4.38. The zero-order valence-electron chi connectivity index (χ0n) is 15.5. The summed E-state index contributed by atoms with van der Waals surface area (Å²) in [5.41, 5.74) is 7.95. The molecular weight excluding hydrogens is 350 g/mol. The second-order valence-electron chi connectivity index (χ2n) is 7.14. The number of para-hydroxylation sites is 1. The quantitative estimate of drug-likeness (QED) is 0.482. The van der Waals surface area contributed by atoms with E-state index in [1.807, 2.05) is 0 Å². The third kappa shape index (κ3) is 2.90. The van der Waals surface area contributed by atoms with Crippen LogP contribution in [0.1, 0.15) is 5.56 Å². The number of thiophene rings is 1. The highest BCUT2D eigenvalue weighted by molar-refractivity contribution is 7.08. The summed E-state index contributed by atoms with van der Waals surface area (Å²) < 4.78 is 2.32. The van der Waals surface area contributed by atoms with Crippen molar-refractivity contribution in [3.8, 4) is 11.3 Å². The van der Waals surface area contributed by atoms with Crippen molar-refractivity contribution < 1.29 is 0 Å². The fraction of sp³-hybridized carbons (Fsp3) is 0.217. The van der Waals surface area contributed by atoms with Crippen molar-refractivity contribution in [1.82, 2.24) is 4.40 Å². The maximum atomic E-state index is 2.54. The third-order valence-electron chi connectivity index (χ3n) is 5.55. The normalized spacial score (nSPS) is 14.9.